The molecule has 0 aromatic carbocycles. The smallest absolute Gasteiger partial charge is 0.276 e. The molecule has 2 rings (SSSR count). The second-order valence-corrected chi connectivity index (χ2v) is 4.30. The van der Waals surface area contributed by atoms with E-state index in [0.717, 1.165) is 0 Å². The largest absolute Gasteiger partial charge is 0.326 e. The van der Waals surface area contributed by atoms with Gasteiger partial charge in [-0.05, 0) is 12.1 Å². The normalized spacial score (nSPS) is 9.83. The van der Waals surface area contributed by atoms with E-state index in [-0.39, 0.29) is 17.5 Å². The van der Waals surface area contributed by atoms with Crippen LogP contribution in [0.1, 0.15) is 17.4 Å². The molecule has 0 bridgehead atoms. The van der Waals surface area contributed by atoms with Gasteiger partial charge in [0.25, 0.3) is 5.91 Å². The average Bonchev–Trinajstić information content (AvgIpc) is 2.81. The number of nitrogens with one attached hydrogen (secondary N) is 2. The van der Waals surface area contributed by atoms with E-state index in [9.17, 15) is 9.59 Å². The Morgan fingerprint density at radius 1 is 1.22 bits per heavy atom. The van der Waals surface area contributed by atoms with E-state index in [1.54, 1.807) is 17.6 Å². The topological polar surface area (TPSA) is 84.0 Å². The lowest BCUT2D eigenvalue weighted by Crippen LogP contribution is -2.14. The number of hydrogen-bond acceptors (Lipinski definition) is 5. The maximum absolute atomic E-state index is 11.8. The molecule has 0 saturated heterocycles. The highest BCUT2D eigenvalue weighted by Crippen LogP contribution is 2.13. The van der Waals surface area contributed by atoms with Gasteiger partial charge in [0.2, 0.25) is 5.91 Å². The first-order valence-electron chi connectivity index (χ1n) is 5.09. The molecular weight excluding hydrogens is 252 g/mol. The summed E-state index contributed by atoms with van der Waals surface area (Å²) in [5, 5.41) is 7.47. The third-order valence-corrected chi connectivity index (χ3v) is 2.65. The molecule has 2 heterocycles. The average molecular weight is 262 g/mol. The molecule has 2 aromatic rings. The van der Waals surface area contributed by atoms with Crippen molar-refractivity contribution < 1.29 is 9.59 Å². The summed E-state index contributed by atoms with van der Waals surface area (Å²) in [6, 6.07) is 3.12. The predicted molar refractivity (Wildman–Crippen MR) is 68.6 cm³/mol. The number of rotatable bonds is 3. The van der Waals surface area contributed by atoms with Gasteiger partial charge >= 0.3 is 0 Å². The van der Waals surface area contributed by atoms with Gasteiger partial charge < -0.3 is 5.32 Å². The standard InChI is InChI=1S/C11H10N4O2S/c1-7(16)14-8-2-3-12-9(6-8)10(17)15-11-13-4-5-18-11/h2-6H,1H3,(H,12,14,16)(H,13,15,17). The summed E-state index contributed by atoms with van der Waals surface area (Å²) in [5.74, 6) is -0.565. The van der Waals surface area contributed by atoms with Crippen LogP contribution in [0.2, 0.25) is 0 Å². The van der Waals surface area contributed by atoms with Crippen LogP contribution in [0.25, 0.3) is 0 Å². The van der Waals surface area contributed by atoms with Crippen molar-refractivity contribution in [1.29, 1.82) is 0 Å². The van der Waals surface area contributed by atoms with Gasteiger partial charge in [-0.25, -0.2) is 4.98 Å². The van der Waals surface area contributed by atoms with Crippen molar-refractivity contribution in [1.82, 2.24) is 9.97 Å². The molecule has 92 valence electrons. The Balaban J connectivity index is 2.12. The van der Waals surface area contributed by atoms with Gasteiger partial charge in [-0.3, -0.25) is 19.9 Å². The Morgan fingerprint density at radius 2 is 2.06 bits per heavy atom. The molecular formula is C11H10N4O2S. The molecule has 0 aliphatic carbocycles. The Bertz CT molecular complexity index is 568. The van der Waals surface area contributed by atoms with Crippen LogP contribution >= 0.6 is 11.3 Å². The summed E-state index contributed by atoms with van der Waals surface area (Å²) in [4.78, 5) is 30.6. The number of pyridine rings is 1. The van der Waals surface area contributed by atoms with Crippen molar-refractivity contribution in [2.75, 3.05) is 10.6 Å². The van der Waals surface area contributed by atoms with Crippen molar-refractivity contribution in [3.05, 3.63) is 35.6 Å². The van der Waals surface area contributed by atoms with Crippen molar-refractivity contribution in [2.45, 2.75) is 6.92 Å². The summed E-state index contributed by atoms with van der Waals surface area (Å²) < 4.78 is 0. The third-order valence-electron chi connectivity index (χ3n) is 1.97. The zero-order valence-electron chi connectivity index (χ0n) is 9.51. The Morgan fingerprint density at radius 3 is 2.72 bits per heavy atom. The lowest BCUT2D eigenvalue weighted by molar-refractivity contribution is -0.114. The number of aromatic nitrogens is 2. The minimum atomic E-state index is -0.364. The van der Waals surface area contributed by atoms with Crippen LogP contribution in [0, 0.1) is 0 Å². The van der Waals surface area contributed by atoms with Gasteiger partial charge in [0.15, 0.2) is 5.13 Å². The third kappa shape index (κ3) is 3.11. The molecule has 0 unspecified atom stereocenters. The maximum atomic E-state index is 11.8. The van der Waals surface area contributed by atoms with Crippen LogP contribution in [0.15, 0.2) is 29.9 Å². The summed E-state index contributed by atoms with van der Waals surface area (Å²) in [5.41, 5.74) is 0.748. The Labute approximate surface area is 107 Å². The summed E-state index contributed by atoms with van der Waals surface area (Å²) in [6.45, 7) is 1.40. The lowest BCUT2D eigenvalue weighted by Gasteiger charge is -2.04. The molecule has 0 aliphatic rings. The zero-order valence-corrected chi connectivity index (χ0v) is 10.3. The van der Waals surface area contributed by atoms with Gasteiger partial charge in [0, 0.05) is 30.4 Å². The first kappa shape index (κ1) is 12.2. The minimum Gasteiger partial charge on any atom is -0.326 e. The van der Waals surface area contributed by atoms with Crippen molar-refractivity contribution in [3.8, 4) is 0 Å². The fourth-order valence-electron chi connectivity index (χ4n) is 1.28. The first-order valence-corrected chi connectivity index (χ1v) is 5.97. The van der Waals surface area contributed by atoms with Gasteiger partial charge in [-0.2, -0.15) is 0 Å². The van der Waals surface area contributed by atoms with Crippen LogP contribution < -0.4 is 10.6 Å². The molecule has 2 amide bonds. The second-order valence-electron chi connectivity index (χ2n) is 3.40. The molecule has 0 saturated carbocycles. The van der Waals surface area contributed by atoms with Crippen LogP contribution in [-0.4, -0.2) is 21.8 Å². The van der Waals surface area contributed by atoms with E-state index >= 15 is 0 Å². The van der Waals surface area contributed by atoms with E-state index in [0.29, 0.717) is 10.8 Å². The number of anilines is 2. The Kier molecular flexibility index (Phi) is 3.63. The fraction of sp³-hybridized carbons (Fsp3) is 0.0909. The molecule has 2 N–H and O–H groups in total. The molecule has 6 nitrogen and oxygen atoms in total. The van der Waals surface area contributed by atoms with Crippen molar-refractivity contribution in [2.24, 2.45) is 0 Å². The van der Waals surface area contributed by atoms with E-state index in [1.165, 1.54) is 30.5 Å². The van der Waals surface area contributed by atoms with Crippen LogP contribution in [0.4, 0.5) is 10.8 Å². The van der Waals surface area contributed by atoms with E-state index < -0.39 is 0 Å². The molecule has 0 radical (unpaired) electrons. The van der Waals surface area contributed by atoms with E-state index in [2.05, 4.69) is 20.6 Å². The first-order chi connectivity index (χ1) is 8.65. The van der Waals surface area contributed by atoms with Crippen LogP contribution in [0.5, 0.6) is 0 Å². The molecule has 0 fully saturated rings. The second kappa shape index (κ2) is 5.37. The van der Waals surface area contributed by atoms with Crippen LogP contribution in [0.3, 0.4) is 0 Å². The predicted octanol–water partition coefficient (Wildman–Crippen LogP) is 1.75. The van der Waals surface area contributed by atoms with Crippen molar-refractivity contribution in [3.63, 3.8) is 0 Å². The van der Waals surface area contributed by atoms with Gasteiger partial charge in [-0.15, -0.1) is 11.3 Å². The number of carbonyl (C=O) groups excluding carboxylic acids is 2. The molecule has 18 heavy (non-hydrogen) atoms. The molecule has 7 heteroatoms. The number of hydrogen-bond donors (Lipinski definition) is 2. The SMILES string of the molecule is CC(=O)Nc1ccnc(C(=O)Nc2nccs2)c1. The number of carbonyl (C=O) groups is 2. The Hall–Kier alpha value is -2.28. The minimum absolute atomic E-state index is 0.201. The lowest BCUT2D eigenvalue weighted by atomic mass is 10.3. The molecule has 0 atom stereocenters. The number of thiazole rings is 1. The summed E-state index contributed by atoms with van der Waals surface area (Å²) in [6.07, 6.45) is 3.06. The van der Waals surface area contributed by atoms with Crippen LogP contribution in [-0.2, 0) is 4.79 Å². The number of nitrogens with zero attached hydrogens (tertiary/aromatic N) is 2. The highest BCUT2D eigenvalue weighted by Gasteiger charge is 2.09. The highest BCUT2D eigenvalue weighted by atomic mass is 32.1. The molecule has 0 spiro atoms. The maximum Gasteiger partial charge on any atom is 0.276 e. The highest BCUT2D eigenvalue weighted by molar-refractivity contribution is 7.13. The monoisotopic (exact) mass is 262 g/mol. The zero-order chi connectivity index (χ0) is 13.0. The summed E-state index contributed by atoms with van der Waals surface area (Å²) in [7, 11) is 0. The van der Waals surface area contributed by atoms with Gasteiger partial charge in [0.05, 0.1) is 0 Å². The quantitative estimate of drug-likeness (QED) is 0.882. The van der Waals surface area contributed by atoms with Gasteiger partial charge in [0.1, 0.15) is 5.69 Å². The van der Waals surface area contributed by atoms with Gasteiger partial charge in [-0.1, -0.05) is 0 Å². The molecule has 0 aliphatic heterocycles. The van der Waals surface area contributed by atoms with E-state index in [4.69, 9.17) is 0 Å². The molecule has 2 aromatic heterocycles. The summed E-state index contributed by atoms with van der Waals surface area (Å²) >= 11 is 1.32. The van der Waals surface area contributed by atoms with E-state index in [1.807, 2.05) is 0 Å². The van der Waals surface area contributed by atoms with Crippen molar-refractivity contribution >= 4 is 34.0 Å². The fourth-order valence-corrected chi connectivity index (χ4v) is 1.81. The number of amides is 2.